The van der Waals surface area contributed by atoms with Crippen LogP contribution in [0, 0.1) is 17.0 Å². The van der Waals surface area contributed by atoms with E-state index in [0.717, 1.165) is 17.2 Å². The van der Waals surface area contributed by atoms with Gasteiger partial charge in [-0.1, -0.05) is 12.1 Å². The maximum atomic E-state index is 12.0. The first-order valence-electron chi connectivity index (χ1n) is 8.37. The van der Waals surface area contributed by atoms with Gasteiger partial charge in [0.1, 0.15) is 11.5 Å². The molecule has 0 atom stereocenters. The highest BCUT2D eigenvalue weighted by Crippen LogP contribution is 2.26. The third-order valence-electron chi connectivity index (χ3n) is 4.04. The van der Waals surface area contributed by atoms with Crippen molar-refractivity contribution in [1.82, 2.24) is 5.43 Å². The number of hydrazone groups is 1. The lowest BCUT2D eigenvalue weighted by Crippen LogP contribution is -2.17. The number of nitrogens with zero attached hydrogens (tertiary/aromatic N) is 2. The summed E-state index contributed by atoms with van der Waals surface area (Å²) in [5.41, 5.74) is 3.84. The Balaban J connectivity index is 1.69. The molecule has 3 rings (SSSR count). The van der Waals surface area contributed by atoms with E-state index < -0.39 is 16.8 Å². The summed E-state index contributed by atoms with van der Waals surface area (Å²) in [4.78, 5) is 33.3. The normalized spacial score (nSPS) is 10.8. The Kier molecular flexibility index (Phi) is 5.49. The van der Waals surface area contributed by atoms with E-state index in [-0.39, 0.29) is 16.8 Å². The highest BCUT2D eigenvalue weighted by Gasteiger charge is 2.12. The number of carboxylic acids is 1. The summed E-state index contributed by atoms with van der Waals surface area (Å²) in [6.45, 7) is 1.78. The molecule has 0 saturated heterocycles. The van der Waals surface area contributed by atoms with Crippen molar-refractivity contribution in [2.24, 2.45) is 5.10 Å². The molecule has 0 aliphatic heterocycles. The smallest absolute Gasteiger partial charge is 0.335 e. The monoisotopic (exact) mass is 393 g/mol. The number of non-ortho nitro benzene ring substituents is 1. The molecule has 2 N–H and O–H groups in total. The van der Waals surface area contributed by atoms with Gasteiger partial charge in [-0.05, 0) is 42.8 Å². The van der Waals surface area contributed by atoms with Gasteiger partial charge in [-0.25, -0.2) is 10.2 Å². The van der Waals surface area contributed by atoms with E-state index in [9.17, 15) is 19.7 Å². The molecule has 1 heterocycles. The number of aromatic carboxylic acids is 1. The van der Waals surface area contributed by atoms with Crippen molar-refractivity contribution in [3.63, 3.8) is 0 Å². The van der Waals surface area contributed by atoms with Crippen molar-refractivity contribution in [2.45, 2.75) is 6.92 Å². The van der Waals surface area contributed by atoms with Crippen LogP contribution in [0.5, 0.6) is 0 Å². The molecule has 0 aliphatic rings. The number of carboxylic acid groups (broad SMARTS) is 1. The summed E-state index contributed by atoms with van der Waals surface area (Å²) in [6.07, 6.45) is 1.29. The molecule has 146 valence electrons. The second-order valence-electron chi connectivity index (χ2n) is 6.04. The Morgan fingerprint density at radius 2 is 1.93 bits per heavy atom. The van der Waals surface area contributed by atoms with Crippen molar-refractivity contribution >= 4 is 23.8 Å². The van der Waals surface area contributed by atoms with E-state index >= 15 is 0 Å². The van der Waals surface area contributed by atoms with Crippen molar-refractivity contribution < 1.29 is 24.0 Å². The minimum atomic E-state index is -1.01. The van der Waals surface area contributed by atoms with Crippen LogP contribution < -0.4 is 5.43 Å². The Bertz CT molecular complexity index is 1130. The minimum Gasteiger partial charge on any atom is -0.478 e. The van der Waals surface area contributed by atoms with Gasteiger partial charge in [0.05, 0.1) is 16.7 Å². The number of carbonyl (C=O) groups is 2. The quantitative estimate of drug-likeness (QED) is 0.373. The number of carbonyl (C=O) groups excluding carboxylic acids is 1. The number of benzene rings is 2. The molecule has 9 heteroatoms. The maximum Gasteiger partial charge on any atom is 0.335 e. The van der Waals surface area contributed by atoms with E-state index in [1.165, 1.54) is 30.5 Å². The van der Waals surface area contributed by atoms with Crippen molar-refractivity contribution in [2.75, 3.05) is 0 Å². The van der Waals surface area contributed by atoms with Crippen LogP contribution in [-0.4, -0.2) is 28.1 Å². The molecule has 3 aromatic rings. The van der Waals surface area contributed by atoms with Crippen LogP contribution in [0.1, 0.15) is 32.0 Å². The summed E-state index contributed by atoms with van der Waals surface area (Å²) in [5, 5.41) is 23.6. The molecule has 0 fully saturated rings. The molecule has 2 aromatic carbocycles. The third kappa shape index (κ3) is 4.53. The summed E-state index contributed by atoms with van der Waals surface area (Å²) in [6, 6.07) is 13.3. The molecular weight excluding hydrogens is 378 g/mol. The van der Waals surface area contributed by atoms with Crippen LogP contribution >= 0.6 is 0 Å². The fourth-order valence-electron chi connectivity index (χ4n) is 2.62. The summed E-state index contributed by atoms with van der Waals surface area (Å²) < 4.78 is 5.65. The largest absolute Gasteiger partial charge is 0.478 e. The molecule has 29 heavy (non-hydrogen) atoms. The highest BCUT2D eigenvalue weighted by atomic mass is 16.6. The second-order valence-corrected chi connectivity index (χ2v) is 6.04. The zero-order valence-corrected chi connectivity index (χ0v) is 15.2. The Morgan fingerprint density at radius 3 is 2.62 bits per heavy atom. The van der Waals surface area contributed by atoms with E-state index in [1.54, 1.807) is 31.2 Å². The average Bonchev–Trinajstić information content (AvgIpc) is 3.16. The zero-order valence-electron chi connectivity index (χ0n) is 15.2. The number of nitrogens with one attached hydrogen (secondary N) is 1. The van der Waals surface area contributed by atoms with Crippen LogP contribution in [0.4, 0.5) is 5.69 Å². The molecule has 9 nitrogen and oxygen atoms in total. The Hall–Kier alpha value is -4.27. The minimum absolute atomic E-state index is 0.102. The number of amides is 1. The number of hydrogen-bond acceptors (Lipinski definition) is 6. The van der Waals surface area contributed by atoms with Gasteiger partial charge in [-0.2, -0.15) is 5.10 Å². The number of hydrogen-bond donors (Lipinski definition) is 2. The lowest BCUT2D eigenvalue weighted by molar-refractivity contribution is -0.384. The first-order chi connectivity index (χ1) is 13.8. The number of nitro benzene ring substituents is 1. The van der Waals surface area contributed by atoms with Crippen LogP contribution in [-0.2, 0) is 0 Å². The number of aryl methyl sites for hydroxylation is 1. The van der Waals surface area contributed by atoms with E-state index in [0.29, 0.717) is 11.5 Å². The Morgan fingerprint density at radius 1 is 1.14 bits per heavy atom. The first-order valence-corrected chi connectivity index (χ1v) is 8.37. The SMILES string of the molecule is Cc1cc(C(=O)O)ccc1-c1ccc(/C=N\NC(=O)c2cccc([N+](=O)[O-])c2)o1. The van der Waals surface area contributed by atoms with Gasteiger partial charge in [0, 0.05) is 23.3 Å². The zero-order chi connectivity index (χ0) is 21.0. The maximum absolute atomic E-state index is 12.0. The predicted octanol–water partition coefficient (Wildman–Crippen LogP) is 3.63. The summed E-state index contributed by atoms with van der Waals surface area (Å²) >= 11 is 0. The first kappa shape index (κ1) is 19.5. The molecule has 0 saturated carbocycles. The van der Waals surface area contributed by atoms with E-state index in [4.69, 9.17) is 9.52 Å². The van der Waals surface area contributed by atoms with Gasteiger partial charge < -0.3 is 9.52 Å². The Labute approximate surface area is 164 Å². The number of furan rings is 1. The van der Waals surface area contributed by atoms with Gasteiger partial charge in [0.15, 0.2) is 0 Å². The standard InChI is InChI=1S/C20H15N3O6/c1-12-9-14(20(25)26)5-7-17(12)18-8-6-16(29-18)11-21-22-19(24)13-3-2-4-15(10-13)23(27)28/h2-11H,1H3,(H,22,24)(H,25,26)/b21-11-. The molecule has 0 spiro atoms. The van der Waals surface area contributed by atoms with Crippen LogP contribution in [0.3, 0.4) is 0 Å². The molecule has 0 unspecified atom stereocenters. The van der Waals surface area contributed by atoms with Crippen molar-refractivity contribution in [1.29, 1.82) is 0 Å². The topological polar surface area (TPSA) is 135 Å². The van der Waals surface area contributed by atoms with Crippen molar-refractivity contribution in [3.05, 3.63) is 87.2 Å². The van der Waals surface area contributed by atoms with Crippen LogP contribution in [0.15, 0.2) is 64.1 Å². The lowest BCUT2D eigenvalue weighted by Gasteiger charge is -2.03. The molecule has 0 bridgehead atoms. The third-order valence-corrected chi connectivity index (χ3v) is 4.04. The molecule has 0 aliphatic carbocycles. The molecule has 1 amide bonds. The van der Waals surface area contributed by atoms with Gasteiger partial charge in [0.2, 0.25) is 0 Å². The number of nitro groups is 1. The van der Waals surface area contributed by atoms with Crippen LogP contribution in [0.2, 0.25) is 0 Å². The predicted molar refractivity (Wildman–Crippen MR) is 104 cm³/mol. The average molecular weight is 393 g/mol. The lowest BCUT2D eigenvalue weighted by atomic mass is 10.0. The molecule has 0 radical (unpaired) electrons. The highest BCUT2D eigenvalue weighted by molar-refractivity contribution is 5.95. The van der Waals surface area contributed by atoms with Gasteiger partial charge in [0.25, 0.3) is 11.6 Å². The van der Waals surface area contributed by atoms with Gasteiger partial charge in [-0.3, -0.25) is 14.9 Å². The molecular formula is C20H15N3O6. The number of rotatable bonds is 6. The van der Waals surface area contributed by atoms with Gasteiger partial charge >= 0.3 is 5.97 Å². The molecule has 1 aromatic heterocycles. The van der Waals surface area contributed by atoms with Gasteiger partial charge in [-0.15, -0.1) is 0 Å². The van der Waals surface area contributed by atoms with Crippen LogP contribution in [0.25, 0.3) is 11.3 Å². The fourth-order valence-corrected chi connectivity index (χ4v) is 2.62. The fraction of sp³-hybridized carbons (Fsp3) is 0.0500. The van der Waals surface area contributed by atoms with Crippen molar-refractivity contribution in [3.8, 4) is 11.3 Å². The summed E-state index contributed by atoms with van der Waals surface area (Å²) in [5.74, 6) is -0.727. The summed E-state index contributed by atoms with van der Waals surface area (Å²) in [7, 11) is 0. The second kappa shape index (κ2) is 8.17. The van der Waals surface area contributed by atoms with E-state index in [2.05, 4.69) is 10.5 Å². The van der Waals surface area contributed by atoms with E-state index in [1.807, 2.05) is 0 Å².